The molecule has 0 amide bonds. The van der Waals surface area contributed by atoms with Crippen molar-refractivity contribution >= 4 is 21.3 Å². The molecule has 0 bridgehead atoms. The number of hydrogen-bond donors (Lipinski definition) is 0. The minimum Gasteiger partial charge on any atom is -0.485 e. The Labute approximate surface area is 156 Å². The molecule has 9 heteroatoms. The lowest BCUT2D eigenvalue weighted by Crippen LogP contribution is -2.16. The van der Waals surface area contributed by atoms with Gasteiger partial charge in [-0.25, -0.2) is 8.42 Å². The summed E-state index contributed by atoms with van der Waals surface area (Å²) in [6, 6.07) is 7.23. The van der Waals surface area contributed by atoms with E-state index in [1.165, 1.54) is 18.2 Å². The van der Waals surface area contributed by atoms with Crippen molar-refractivity contribution in [2.45, 2.75) is 26.3 Å². The number of nitro groups is 1. The van der Waals surface area contributed by atoms with E-state index in [2.05, 4.69) is 0 Å². The van der Waals surface area contributed by atoms with E-state index in [1.54, 1.807) is 19.1 Å². The average Bonchev–Trinajstić information content (AvgIpc) is 3.11. The number of carbonyl (C=O) groups is 1. The number of aromatic nitrogens is 1. The molecule has 8 nitrogen and oxygen atoms in total. The number of non-ortho nitro benzene ring substituents is 1. The quantitative estimate of drug-likeness (QED) is 0.425. The molecule has 1 aromatic carbocycles. The second-order valence-electron chi connectivity index (χ2n) is 6.68. The van der Waals surface area contributed by atoms with Gasteiger partial charge in [-0.1, -0.05) is 6.07 Å². The Bertz CT molecular complexity index is 1010. The van der Waals surface area contributed by atoms with Crippen LogP contribution in [0.25, 0.3) is 0 Å². The summed E-state index contributed by atoms with van der Waals surface area (Å²) in [4.78, 5) is 22.9. The van der Waals surface area contributed by atoms with Gasteiger partial charge < -0.3 is 9.30 Å². The summed E-state index contributed by atoms with van der Waals surface area (Å²) in [5.74, 6) is 0.227. The van der Waals surface area contributed by atoms with Gasteiger partial charge in [0.2, 0.25) is 5.78 Å². The number of aryl methyl sites for hydroxylation is 1. The molecule has 1 aliphatic rings. The minimum absolute atomic E-state index is 0.0845. The van der Waals surface area contributed by atoms with Crippen LogP contribution in [0.15, 0.2) is 30.3 Å². The van der Waals surface area contributed by atoms with E-state index >= 15 is 0 Å². The second-order valence-corrected chi connectivity index (χ2v) is 8.91. The zero-order valence-corrected chi connectivity index (χ0v) is 15.9. The Morgan fingerprint density at radius 3 is 2.70 bits per heavy atom. The van der Waals surface area contributed by atoms with Crippen molar-refractivity contribution in [2.24, 2.45) is 0 Å². The molecule has 0 spiro atoms. The molecule has 27 heavy (non-hydrogen) atoms. The van der Waals surface area contributed by atoms with E-state index in [1.807, 2.05) is 11.5 Å². The number of benzene rings is 1. The van der Waals surface area contributed by atoms with Gasteiger partial charge >= 0.3 is 0 Å². The van der Waals surface area contributed by atoms with Crippen LogP contribution in [0.1, 0.15) is 34.2 Å². The largest absolute Gasteiger partial charge is 0.485 e. The summed E-state index contributed by atoms with van der Waals surface area (Å²) in [6.45, 7) is 3.38. The lowest BCUT2D eigenvalue weighted by Gasteiger charge is -2.16. The van der Waals surface area contributed by atoms with Crippen LogP contribution in [-0.4, -0.2) is 41.8 Å². The number of rotatable bonds is 6. The second kappa shape index (κ2) is 7.15. The molecule has 2 aromatic rings. The highest BCUT2D eigenvalue weighted by Crippen LogP contribution is 2.29. The lowest BCUT2D eigenvalue weighted by molar-refractivity contribution is -0.384. The number of nitro benzene ring substituents is 1. The first kappa shape index (κ1) is 19.1. The molecule has 144 valence electrons. The predicted octanol–water partition coefficient (Wildman–Crippen LogP) is 2.63. The van der Waals surface area contributed by atoms with E-state index in [0.29, 0.717) is 17.7 Å². The summed E-state index contributed by atoms with van der Waals surface area (Å²) in [5.41, 5.74) is 1.90. The minimum atomic E-state index is -3.03. The van der Waals surface area contributed by atoms with Gasteiger partial charge in [0.25, 0.3) is 5.69 Å². The summed E-state index contributed by atoms with van der Waals surface area (Å²) >= 11 is 0. The normalized spacial score (nSPS) is 18.4. The molecule has 1 aromatic heterocycles. The van der Waals surface area contributed by atoms with Gasteiger partial charge in [0.15, 0.2) is 16.4 Å². The van der Waals surface area contributed by atoms with Crippen LogP contribution in [-0.2, 0) is 9.84 Å². The fourth-order valence-electron chi connectivity index (χ4n) is 3.51. The number of sulfone groups is 1. The van der Waals surface area contributed by atoms with Gasteiger partial charge in [0.05, 0.1) is 22.5 Å². The molecular weight excluding hydrogens is 372 g/mol. The van der Waals surface area contributed by atoms with Crippen LogP contribution in [0.5, 0.6) is 5.75 Å². The van der Waals surface area contributed by atoms with Gasteiger partial charge in [0, 0.05) is 29.1 Å². The van der Waals surface area contributed by atoms with Crippen molar-refractivity contribution < 1.29 is 22.9 Å². The van der Waals surface area contributed by atoms with Crippen molar-refractivity contribution in [3.8, 4) is 5.75 Å². The third-order valence-electron chi connectivity index (χ3n) is 4.76. The molecule has 1 fully saturated rings. The van der Waals surface area contributed by atoms with Crippen LogP contribution in [0, 0.1) is 24.0 Å². The number of nitrogens with zero attached hydrogens (tertiary/aromatic N) is 2. The summed E-state index contributed by atoms with van der Waals surface area (Å²) in [5, 5.41) is 10.8. The number of ketones is 1. The standard InChI is InChI=1S/C18H20N2O6S/c1-12-8-17(13(2)19(12)15-6-7-27(24,25)11-15)18(21)10-26-16-5-3-4-14(9-16)20(22)23/h3-5,8-9,15H,6-7,10-11H2,1-2H3/t15-/m1/s1. The first-order valence-corrected chi connectivity index (χ1v) is 10.3. The molecule has 0 aliphatic carbocycles. The van der Waals surface area contributed by atoms with Gasteiger partial charge in [-0.3, -0.25) is 14.9 Å². The monoisotopic (exact) mass is 392 g/mol. The van der Waals surface area contributed by atoms with E-state index in [0.717, 1.165) is 5.69 Å². The molecule has 1 saturated heterocycles. The molecular formula is C18H20N2O6S. The highest BCUT2D eigenvalue weighted by molar-refractivity contribution is 7.91. The molecule has 1 atom stereocenters. The van der Waals surface area contributed by atoms with Crippen LogP contribution in [0.3, 0.4) is 0 Å². The molecule has 0 unspecified atom stereocenters. The van der Waals surface area contributed by atoms with Crippen LogP contribution in [0.4, 0.5) is 5.69 Å². The first-order chi connectivity index (χ1) is 12.7. The smallest absolute Gasteiger partial charge is 0.273 e. The fraction of sp³-hybridized carbons (Fsp3) is 0.389. The van der Waals surface area contributed by atoms with Crippen LogP contribution < -0.4 is 4.74 Å². The third kappa shape index (κ3) is 4.02. The van der Waals surface area contributed by atoms with Crippen LogP contribution >= 0.6 is 0 Å². The molecule has 3 rings (SSSR count). The van der Waals surface area contributed by atoms with E-state index < -0.39 is 14.8 Å². The zero-order chi connectivity index (χ0) is 19.8. The Morgan fingerprint density at radius 1 is 1.33 bits per heavy atom. The van der Waals surface area contributed by atoms with Gasteiger partial charge in [-0.15, -0.1) is 0 Å². The van der Waals surface area contributed by atoms with E-state index in [9.17, 15) is 23.3 Å². The highest BCUT2D eigenvalue weighted by atomic mass is 32.2. The molecule has 0 saturated carbocycles. The third-order valence-corrected chi connectivity index (χ3v) is 6.51. The van der Waals surface area contributed by atoms with Gasteiger partial charge in [-0.2, -0.15) is 0 Å². The summed E-state index contributed by atoms with van der Waals surface area (Å²) in [7, 11) is -3.03. The Hall–Kier alpha value is -2.68. The number of hydrogen-bond acceptors (Lipinski definition) is 6. The van der Waals surface area contributed by atoms with Crippen molar-refractivity contribution in [1.29, 1.82) is 0 Å². The van der Waals surface area contributed by atoms with E-state index in [-0.39, 0.29) is 41.4 Å². The maximum absolute atomic E-state index is 12.6. The lowest BCUT2D eigenvalue weighted by atomic mass is 10.1. The maximum Gasteiger partial charge on any atom is 0.273 e. The topological polar surface area (TPSA) is 109 Å². The summed E-state index contributed by atoms with van der Waals surface area (Å²) in [6.07, 6.45) is 0.538. The number of ether oxygens (including phenoxy) is 1. The predicted molar refractivity (Wildman–Crippen MR) is 99.1 cm³/mol. The highest BCUT2D eigenvalue weighted by Gasteiger charge is 2.31. The van der Waals surface area contributed by atoms with Crippen molar-refractivity contribution in [2.75, 3.05) is 18.1 Å². The summed E-state index contributed by atoms with van der Waals surface area (Å²) < 4.78 is 30.9. The van der Waals surface area contributed by atoms with Crippen molar-refractivity contribution in [1.82, 2.24) is 4.57 Å². The maximum atomic E-state index is 12.6. The molecule has 1 aliphatic heterocycles. The Kier molecular flexibility index (Phi) is 5.05. The fourth-order valence-corrected chi connectivity index (χ4v) is 5.21. The molecule has 2 heterocycles. The Morgan fingerprint density at radius 2 is 2.07 bits per heavy atom. The Balaban J connectivity index is 1.75. The molecule has 0 N–H and O–H groups in total. The van der Waals surface area contributed by atoms with E-state index in [4.69, 9.17) is 4.74 Å². The zero-order valence-electron chi connectivity index (χ0n) is 15.0. The first-order valence-electron chi connectivity index (χ1n) is 8.47. The van der Waals surface area contributed by atoms with Crippen LogP contribution in [0.2, 0.25) is 0 Å². The van der Waals surface area contributed by atoms with Gasteiger partial charge in [-0.05, 0) is 32.4 Å². The van der Waals surface area contributed by atoms with Gasteiger partial charge in [0.1, 0.15) is 5.75 Å². The number of carbonyl (C=O) groups excluding carboxylic acids is 1. The SMILES string of the molecule is Cc1cc(C(=O)COc2cccc([N+](=O)[O-])c2)c(C)n1[C@@H]1CCS(=O)(=O)C1. The average molecular weight is 392 g/mol. The van der Waals surface area contributed by atoms with Crippen molar-refractivity contribution in [3.05, 3.63) is 57.4 Å². The number of Topliss-reactive ketones (excluding diaryl/α,β-unsaturated/α-hetero) is 1. The molecule has 0 radical (unpaired) electrons. The van der Waals surface area contributed by atoms with Crippen molar-refractivity contribution in [3.63, 3.8) is 0 Å².